The van der Waals surface area contributed by atoms with Crippen LogP contribution < -0.4 is 22.9 Å². The Labute approximate surface area is 309 Å². The number of aromatic nitrogens is 6. The summed E-state index contributed by atoms with van der Waals surface area (Å²) in [6.07, 6.45) is 17.0. The molecule has 2 saturated carbocycles. The van der Waals surface area contributed by atoms with Crippen LogP contribution in [0.3, 0.4) is 0 Å². The van der Waals surface area contributed by atoms with E-state index in [-0.39, 0.29) is 12.1 Å². The van der Waals surface area contributed by atoms with Gasteiger partial charge >= 0.3 is 0 Å². The Balaban J connectivity index is 0.907. The highest BCUT2D eigenvalue weighted by Gasteiger charge is 2.42. The standard InChI is InChI=1S/C36H68N10O6/c37-27-21-29(39)35(33(49)31(27)47)51-19-13-9-15-25-23-45(43-41-25)17-11-7-5-3-1-2-4-6-8-12-18-46-24-26(42-44-46)16-10-14-20-52-36-30(40)22-28(38)32(48)34(36)50/h23-24,27-36,47-50H,1-22,37-40H2/t27-,28-,29+,30+,31+,32+,33-,34-,35-,36-/m1/s1. The number of hydrogen-bond acceptors (Lipinski definition) is 14. The molecule has 298 valence electrons. The Hall–Kier alpha value is -2.12. The molecule has 0 bridgehead atoms. The maximum Gasteiger partial charge on any atom is 0.109 e. The van der Waals surface area contributed by atoms with E-state index >= 15 is 0 Å². The van der Waals surface area contributed by atoms with Gasteiger partial charge < -0.3 is 52.8 Å². The fourth-order valence-electron chi connectivity index (χ4n) is 7.36. The van der Waals surface area contributed by atoms with E-state index in [0.29, 0.717) is 26.1 Å². The van der Waals surface area contributed by atoms with Crippen LogP contribution in [0.1, 0.15) is 114 Å². The topological polar surface area (TPSA) is 265 Å². The second-order valence-electron chi connectivity index (χ2n) is 15.2. The number of nitrogens with two attached hydrogens (primary N) is 4. The first kappa shape index (κ1) is 42.6. The smallest absolute Gasteiger partial charge is 0.109 e. The van der Waals surface area contributed by atoms with Crippen molar-refractivity contribution in [3.63, 3.8) is 0 Å². The predicted molar refractivity (Wildman–Crippen MR) is 197 cm³/mol. The number of rotatable bonds is 25. The van der Waals surface area contributed by atoms with Crippen molar-refractivity contribution in [1.82, 2.24) is 30.0 Å². The number of aryl methyl sites for hydroxylation is 4. The normalized spacial score (nSPS) is 29.5. The van der Waals surface area contributed by atoms with Gasteiger partial charge in [0.2, 0.25) is 0 Å². The molecule has 4 rings (SSSR count). The third-order valence-corrected chi connectivity index (χ3v) is 10.7. The molecule has 2 aromatic heterocycles. The lowest BCUT2D eigenvalue weighted by molar-refractivity contribution is -0.127. The number of ether oxygens (including phenoxy) is 2. The molecule has 0 spiro atoms. The molecule has 2 fully saturated rings. The van der Waals surface area contributed by atoms with Gasteiger partial charge in [-0.25, -0.2) is 0 Å². The maximum atomic E-state index is 10.2. The lowest BCUT2D eigenvalue weighted by atomic mass is 9.85. The molecule has 10 atom stereocenters. The minimum Gasteiger partial charge on any atom is -0.389 e. The Kier molecular flexibility index (Phi) is 18.8. The Morgan fingerprint density at radius 1 is 0.500 bits per heavy atom. The molecular weight excluding hydrogens is 668 g/mol. The number of unbranched alkanes of at least 4 members (excludes halogenated alkanes) is 11. The van der Waals surface area contributed by atoms with Gasteiger partial charge in [-0.3, -0.25) is 9.36 Å². The van der Waals surface area contributed by atoms with E-state index in [0.717, 1.165) is 75.8 Å². The second-order valence-corrected chi connectivity index (χ2v) is 15.2. The Morgan fingerprint density at radius 2 is 0.865 bits per heavy atom. The molecule has 0 aliphatic heterocycles. The Bertz CT molecular complexity index is 1150. The van der Waals surface area contributed by atoms with E-state index in [2.05, 4.69) is 20.6 Å². The fourth-order valence-corrected chi connectivity index (χ4v) is 7.36. The molecule has 0 radical (unpaired) electrons. The third kappa shape index (κ3) is 13.9. The highest BCUT2D eigenvalue weighted by atomic mass is 16.5. The molecule has 2 aromatic rings. The van der Waals surface area contributed by atoms with E-state index in [4.69, 9.17) is 32.4 Å². The number of aliphatic hydroxyl groups is 4. The van der Waals surface area contributed by atoms with Crippen LogP contribution in [0.5, 0.6) is 0 Å². The molecule has 2 aliphatic carbocycles. The highest BCUT2D eigenvalue weighted by molar-refractivity contribution is 4.99. The first-order valence-corrected chi connectivity index (χ1v) is 19.9. The van der Waals surface area contributed by atoms with Gasteiger partial charge in [0.15, 0.2) is 0 Å². The van der Waals surface area contributed by atoms with Crippen LogP contribution in [0.2, 0.25) is 0 Å². The van der Waals surface area contributed by atoms with Gasteiger partial charge in [-0.1, -0.05) is 61.8 Å². The van der Waals surface area contributed by atoms with Crippen molar-refractivity contribution in [2.24, 2.45) is 22.9 Å². The van der Waals surface area contributed by atoms with Crippen LogP contribution >= 0.6 is 0 Å². The Morgan fingerprint density at radius 3 is 1.25 bits per heavy atom. The van der Waals surface area contributed by atoms with Crippen LogP contribution in [-0.2, 0) is 35.4 Å². The lowest BCUT2D eigenvalue weighted by Crippen LogP contribution is -2.62. The largest absolute Gasteiger partial charge is 0.389 e. The lowest BCUT2D eigenvalue weighted by Gasteiger charge is -2.39. The van der Waals surface area contributed by atoms with Crippen molar-refractivity contribution < 1.29 is 29.9 Å². The van der Waals surface area contributed by atoms with Gasteiger partial charge in [0.05, 0.1) is 23.6 Å². The van der Waals surface area contributed by atoms with Crippen molar-refractivity contribution in [1.29, 1.82) is 0 Å². The number of nitrogens with zero attached hydrogens (tertiary/aromatic N) is 6. The van der Waals surface area contributed by atoms with E-state index in [9.17, 15) is 20.4 Å². The fraction of sp³-hybridized carbons (Fsp3) is 0.889. The summed E-state index contributed by atoms with van der Waals surface area (Å²) >= 11 is 0. The molecular formula is C36H68N10O6. The van der Waals surface area contributed by atoms with Gasteiger partial charge in [-0.15, -0.1) is 10.2 Å². The van der Waals surface area contributed by atoms with Gasteiger partial charge in [0.25, 0.3) is 0 Å². The van der Waals surface area contributed by atoms with Gasteiger partial charge in [0, 0.05) is 62.9 Å². The van der Waals surface area contributed by atoms with Crippen molar-refractivity contribution in [2.45, 2.75) is 189 Å². The van der Waals surface area contributed by atoms with Gasteiger partial charge in [-0.05, 0) is 64.2 Å². The first-order chi connectivity index (χ1) is 25.1. The summed E-state index contributed by atoms with van der Waals surface area (Å²) in [4.78, 5) is 0. The van der Waals surface area contributed by atoms with Crippen molar-refractivity contribution in [2.75, 3.05) is 13.2 Å². The van der Waals surface area contributed by atoms with Crippen molar-refractivity contribution in [3.05, 3.63) is 23.8 Å². The highest BCUT2D eigenvalue weighted by Crippen LogP contribution is 2.22. The van der Waals surface area contributed by atoms with Gasteiger partial charge in [0.1, 0.15) is 24.4 Å². The van der Waals surface area contributed by atoms with Crippen LogP contribution in [0.15, 0.2) is 12.4 Å². The van der Waals surface area contributed by atoms with E-state index < -0.39 is 48.7 Å². The minimum absolute atomic E-state index is 0.377. The SMILES string of the molecule is N[C@@H]1C[C@H](N)[C@@H](OCCCCc2cn(CCCCCCCCCCCCn3cc(CCCCO[C@H]4[C@H](O)[C@@H](O)[C@H](N)C[C@@H]4N)nn3)nn2)[C@H](O)[C@H]1O. The zero-order valence-electron chi connectivity index (χ0n) is 31.1. The maximum absolute atomic E-state index is 10.2. The summed E-state index contributed by atoms with van der Waals surface area (Å²) in [5.41, 5.74) is 25.7. The van der Waals surface area contributed by atoms with Crippen LogP contribution in [0.25, 0.3) is 0 Å². The average Bonchev–Trinajstić information content (AvgIpc) is 3.78. The molecule has 16 heteroatoms. The quantitative estimate of drug-likeness (QED) is 0.0644. The molecule has 2 aliphatic rings. The van der Waals surface area contributed by atoms with E-state index in [1.807, 2.05) is 21.8 Å². The molecule has 0 amide bonds. The van der Waals surface area contributed by atoms with Crippen LogP contribution in [-0.4, -0.2) is 124 Å². The van der Waals surface area contributed by atoms with Gasteiger partial charge in [-0.2, -0.15) is 0 Å². The molecule has 0 saturated heterocycles. The first-order valence-electron chi connectivity index (χ1n) is 19.9. The zero-order chi connectivity index (χ0) is 37.3. The summed E-state index contributed by atoms with van der Waals surface area (Å²) in [5.74, 6) is 0. The molecule has 0 unspecified atom stereocenters. The minimum atomic E-state index is -1.05. The summed E-state index contributed by atoms with van der Waals surface area (Å²) in [6, 6.07) is -1.79. The second kappa shape index (κ2) is 22.9. The van der Waals surface area contributed by atoms with Crippen LogP contribution in [0.4, 0.5) is 0 Å². The monoisotopic (exact) mass is 737 g/mol. The number of aliphatic hydroxyl groups excluding tert-OH is 4. The molecule has 52 heavy (non-hydrogen) atoms. The molecule has 16 nitrogen and oxygen atoms in total. The third-order valence-electron chi connectivity index (χ3n) is 10.7. The summed E-state index contributed by atoms with van der Waals surface area (Å²) in [7, 11) is 0. The van der Waals surface area contributed by atoms with E-state index in [1.165, 1.54) is 51.4 Å². The average molecular weight is 737 g/mol. The molecule has 2 heterocycles. The number of hydrogen-bond donors (Lipinski definition) is 8. The van der Waals surface area contributed by atoms with Crippen molar-refractivity contribution in [3.8, 4) is 0 Å². The zero-order valence-corrected chi connectivity index (χ0v) is 31.1. The summed E-state index contributed by atoms with van der Waals surface area (Å²) in [6.45, 7) is 2.72. The molecule has 12 N–H and O–H groups in total. The summed E-state index contributed by atoms with van der Waals surface area (Å²) in [5, 5.41) is 57.6. The predicted octanol–water partition coefficient (Wildman–Crippen LogP) is 0.447. The van der Waals surface area contributed by atoms with E-state index in [1.54, 1.807) is 0 Å². The summed E-state index contributed by atoms with van der Waals surface area (Å²) < 4.78 is 15.5. The van der Waals surface area contributed by atoms with Crippen molar-refractivity contribution >= 4 is 0 Å². The van der Waals surface area contributed by atoms with Crippen LogP contribution in [0, 0.1) is 0 Å². The molecule has 0 aromatic carbocycles.